The number of carbonyl (C=O) groups excluding carboxylic acids is 1. The first kappa shape index (κ1) is 19.5. The first-order valence-electron chi connectivity index (χ1n) is 9.43. The molecule has 3 aromatic rings. The Morgan fingerprint density at radius 2 is 1.97 bits per heavy atom. The van der Waals surface area contributed by atoms with Gasteiger partial charge in [0.05, 0.1) is 7.11 Å². The summed E-state index contributed by atoms with van der Waals surface area (Å²) in [6.45, 7) is 0. The van der Waals surface area contributed by atoms with Gasteiger partial charge in [-0.3, -0.25) is 4.79 Å². The van der Waals surface area contributed by atoms with Crippen molar-refractivity contribution in [3.8, 4) is 22.8 Å². The number of carboxylic acids is 1. The van der Waals surface area contributed by atoms with E-state index in [0.29, 0.717) is 29.7 Å². The van der Waals surface area contributed by atoms with Gasteiger partial charge in [0.25, 0.3) is 5.91 Å². The first-order valence-corrected chi connectivity index (χ1v) is 9.43. The second-order valence-electron chi connectivity index (χ2n) is 7.10. The molecule has 0 aliphatic heterocycles. The number of hydrogen-bond donors (Lipinski definition) is 3. The Morgan fingerprint density at radius 1 is 1.20 bits per heavy atom. The van der Waals surface area contributed by atoms with Crippen LogP contribution < -0.4 is 10.1 Å². The fraction of sp³-hybridized carbons (Fsp3) is 0.227. The van der Waals surface area contributed by atoms with E-state index in [9.17, 15) is 19.8 Å². The minimum Gasteiger partial charge on any atom is -0.508 e. The highest BCUT2D eigenvalue weighted by molar-refractivity contribution is 5.97. The third-order valence-electron chi connectivity index (χ3n) is 5.18. The molecule has 1 amide bonds. The number of aliphatic carboxylic acids is 1. The molecule has 1 heterocycles. The zero-order valence-corrected chi connectivity index (χ0v) is 16.2. The van der Waals surface area contributed by atoms with Gasteiger partial charge in [-0.15, -0.1) is 0 Å². The monoisotopic (exact) mass is 408 g/mol. The standard InChI is InChI=1S/C22H20N2O6/c1-29-15-7-9-16-13(11-15)4-8-17-19(24-30-20(16)17)21(26)23-18(22(27)28)10-12-2-5-14(25)6-3-12/h2-3,5-7,9,11,18,25H,4,8,10H2,1H3,(H,23,26)(H,27,28)/t18-/m0/s1. The van der Waals surface area contributed by atoms with E-state index in [1.807, 2.05) is 18.2 Å². The maximum absolute atomic E-state index is 12.8. The maximum atomic E-state index is 12.8. The van der Waals surface area contributed by atoms with Crippen molar-refractivity contribution in [1.82, 2.24) is 10.5 Å². The highest BCUT2D eigenvalue weighted by Gasteiger charge is 2.30. The van der Waals surface area contributed by atoms with Crippen LogP contribution in [0.15, 0.2) is 47.0 Å². The Hall–Kier alpha value is -3.81. The summed E-state index contributed by atoms with van der Waals surface area (Å²) in [5, 5.41) is 25.4. The number of phenols is 1. The van der Waals surface area contributed by atoms with Crippen LogP contribution in [-0.4, -0.2) is 40.4 Å². The number of nitrogens with zero attached hydrogens (tertiary/aromatic N) is 1. The highest BCUT2D eigenvalue weighted by atomic mass is 16.5. The summed E-state index contributed by atoms with van der Waals surface area (Å²) in [6, 6.07) is 10.6. The van der Waals surface area contributed by atoms with E-state index in [0.717, 1.165) is 16.9 Å². The molecule has 0 saturated heterocycles. The number of aromatic nitrogens is 1. The molecule has 0 fully saturated rings. The van der Waals surface area contributed by atoms with E-state index in [4.69, 9.17) is 9.26 Å². The molecule has 1 atom stereocenters. The van der Waals surface area contributed by atoms with Crippen LogP contribution >= 0.6 is 0 Å². The van der Waals surface area contributed by atoms with Gasteiger partial charge >= 0.3 is 5.97 Å². The molecule has 30 heavy (non-hydrogen) atoms. The zero-order chi connectivity index (χ0) is 21.3. The van der Waals surface area contributed by atoms with Crippen molar-refractivity contribution in [3.05, 3.63) is 64.8 Å². The molecular formula is C22H20N2O6. The van der Waals surface area contributed by atoms with Gasteiger partial charge in [0.2, 0.25) is 0 Å². The summed E-state index contributed by atoms with van der Waals surface area (Å²) in [5.41, 5.74) is 3.33. The lowest BCUT2D eigenvalue weighted by Gasteiger charge is -2.17. The Morgan fingerprint density at radius 3 is 2.67 bits per heavy atom. The normalized spacial score (nSPS) is 13.1. The van der Waals surface area contributed by atoms with E-state index in [-0.39, 0.29) is 17.9 Å². The van der Waals surface area contributed by atoms with Crippen LogP contribution in [0, 0.1) is 0 Å². The van der Waals surface area contributed by atoms with Crippen LogP contribution in [-0.2, 0) is 24.1 Å². The van der Waals surface area contributed by atoms with E-state index >= 15 is 0 Å². The average Bonchev–Trinajstić information content (AvgIpc) is 3.18. The molecule has 3 N–H and O–H groups in total. The number of rotatable bonds is 6. The topological polar surface area (TPSA) is 122 Å². The lowest BCUT2D eigenvalue weighted by molar-refractivity contribution is -0.139. The van der Waals surface area contributed by atoms with Crippen molar-refractivity contribution in [2.75, 3.05) is 7.11 Å². The Kier molecular flexibility index (Phi) is 5.14. The number of methoxy groups -OCH3 is 1. The van der Waals surface area contributed by atoms with Gasteiger partial charge in [-0.2, -0.15) is 0 Å². The molecule has 1 aromatic heterocycles. The Bertz CT molecular complexity index is 1100. The molecular weight excluding hydrogens is 388 g/mol. The molecule has 0 radical (unpaired) electrons. The highest BCUT2D eigenvalue weighted by Crippen LogP contribution is 2.37. The number of hydrogen-bond acceptors (Lipinski definition) is 6. The van der Waals surface area contributed by atoms with Crippen LogP contribution in [0.5, 0.6) is 11.5 Å². The lowest BCUT2D eigenvalue weighted by Crippen LogP contribution is -2.42. The van der Waals surface area contributed by atoms with Gasteiger partial charge in [-0.1, -0.05) is 17.3 Å². The average molecular weight is 408 g/mol. The largest absolute Gasteiger partial charge is 0.508 e. The van der Waals surface area contributed by atoms with Crippen molar-refractivity contribution in [3.63, 3.8) is 0 Å². The number of aryl methyl sites for hydroxylation is 1. The molecule has 4 rings (SSSR count). The van der Waals surface area contributed by atoms with Crippen molar-refractivity contribution < 1.29 is 29.1 Å². The van der Waals surface area contributed by atoms with Gasteiger partial charge in [0.15, 0.2) is 11.5 Å². The molecule has 8 nitrogen and oxygen atoms in total. The van der Waals surface area contributed by atoms with E-state index in [2.05, 4.69) is 10.5 Å². The molecule has 0 spiro atoms. The first-order chi connectivity index (χ1) is 14.5. The zero-order valence-electron chi connectivity index (χ0n) is 16.2. The van der Waals surface area contributed by atoms with Gasteiger partial charge in [-0.25, -0.2) is 4.79 Å². The summed E-state index contributed by atoms with van der Waals surface area (Å²) in [6.07, 6.45) is 1.32. The number of fused-ring (bicyclic) bond motifs is 3. The summed E-state index contributed by atoms with van der Waals surface area (Å²) in [4.78, 5) is 24.5. The fourth-order valence-corrected chi connectivity index (χ4v) is 3.61. The fourth-order valence-electron chi connectivity index (χ4n) is 3.61. The lowest BCUT2D eigenvalue weighted by atomic mass is 9.89. The van der Waals surface area contributed by atoms with Crippen molar-refractivity contribution in [1.29, 1.82) is 0 Å². The number of nitrogens with one attached hydrogen (secondary N) is 1. The summed E-state index contributed by atoms with van der Waals surface area (Å²) >= 11 is 0. The molecule has 2 aromatic carbocycles. The third kappa shape index (κ3) is 3.71. The van der Waals surface area contributed by atoms with Crippen LogP contribution in [0.4, 0.5) is 0 Å². The summed E-state index contributed by atoms with van der Waals surface area (Å²) < 4.78 is 10.7. The minimum absolute atomic E-state index is 0.0734. The SMILES string of the molecule is COc1ccc2c(c1)CCc1c(C(=O)N[C@@H](Cc3ccc(O)cc3)C(=O)O)noc1-2. The minimum atomic E-state index is -1.16. The molecule has 8 heteroatoms. The number of carbonyl (C=O) groups is 2. The molecule has 0 saturated carbocycles. The molecule has 154 valence electrons. The van der Waals surface area contributed by atoms with Gasteiger partial charge in [-0.05, 0) is 54.3 Å². The predicted octanol–water partition coefficient (Wildman–Crippen LogP) is 2.58. The molecule has 1 aliphatic rings. The number of amides is 1. The number of benzene rings is 2. The van der Waals surface area contributed by atoms with Crippen LogP contribution in [0.25, 0.3) is 11.3 Å². The second kappa shape index (κ2) is 7.90. The smallest absolute Gasteiger partial charge is 0.326 e. The second-order valence-corrected chi connectivity index (χ2v) is 7.10. The van der Waals surface area contributed by atoms with Crippen LogP contribution in [0.3, 0.4) is 0 Å². The van der Waals surface area contributed by atoms with E-state index < -0.39 is 17.9 Å². The maximum Gasteiger partial charge on any atom is 0.326 e. The van der Waals surface area contributed by atoms with Crippen molar-refractivity contribution in [2.24, 2.45) is 0 Å². The quantitative estimate of drug-likeness (QED) is 0.573. The number of aromatic hydroxyl groups is 1. The Balaban J connectivity index is 1.56. The van der Waals surface area contributed by atoms with Crippen molar-refractivity contribution in [2.45, 2.75) is 25.3 Å². The third-order valence-corrected chi connectivity index (χ3v) is 5.18. The molecule has 1 aliphatic carbocycles. The number of phenolic OH excluding ortho intramolecular Hbond substituents is 1. The number of carboxylic acid groups (broad SMARTS) is 1. The van der Waals surface area contributed by atoms with Gasteiger partial charge < -0.3 is 24.8 Å². The van der Waals surface area contributed by atoms with E-state index in [1.54, 1.807) is 19.2 Å². The Labute approximate surface area is 172 Å². The van der Waals surface area contributed by atoms with Crippen molar-refractivity contribution >= 4 is 11.9 Å². The summed E-state index contributed by atoms with van der Waals surface area (Å²) in [5.74, 6) is -0.404. The summed E-state index contributed by atoms with van der Waals surface area (Å²) in [7, 11) is 1.60. The predicted molar refractivity (Wildman–Crippen MR) is 107 cm³/mol. The van der Waals surface area contributed by atoms with Crippen LogP contribution in [0.2, 0.25) is 0 Å². The molecule has 0 bridgehead atoms. The number of ether oxygens (including phenoxy) is 1. The van der Waals surface area contributed by atoms with Gasteiger partial charge in [0.1, 0.15) is 17.5 Å². The van der Waals surface area contributed by atoms with Gasteiger partial charge in [0, 0.05) is 17.5 Å². The van der Waals surface area contributed by atoms with Crippen LogP contribution in [0.1, 0.15) is 27.2 Å². The van der Waals surface area contributed by atoms with E-state index in [1.165, 1.54) is 12.1 Å². The molecule has 0 unspecified atom stereocenters.